The molecule has 0 radical (unpaired) electrons. The molecule has 4 heteroatoms. The molecule has 0 saturated carbocycles. The Labute approximate surface area is 115 Å². The maximum Gasteiger partial charge on any atom is 0.273 e. The summed E-state index contributed by atoms with van der Waals surface area (Å²) in [5.41, 5.74) is 0.594. The second kappa shape index (κ2) is 7.31. The first kappa shape index (κ1) is 15.7. The lowest BCUT2D eigenvalue weighted by atomic mass is 9.78. The summed E-state index contributed by atoms with van der Waals surface area (Å²) in [4.78, 5) is 12.0. The van der Waals surface area contributed by atoms with Gasteiger partial charge >= 0.3 is 0 Å². The number of rotatable bonds is 8. The summed E-state index contributed by atoms with van der Waals surface area (Å²) in [6.45, 7) is 9.25. The Balaban J connectivity index is 2.61. The van der Waals surface area contributed by atoms with Crippen molar-refractivity contribution in [3.8, 4) is 0 Å². The van der Waals surface area contributed by atoms with Crippen molar-refractivity contribution in [1.82, 2.24) is 10.5 Å². The predicted octanol–water partition coefficient (Wildman–Crippen LogP) is 3.57. The maximum atomic E-state index is 12.0. The van der Waals surface area contributed by atoms with Gasteiger partial charge in [0.2, 0.25) is 0 Å². The molecule has 0 spiro atoms. The zero-order valence-corrected chi connectivity index (χ0v) is 12.6. The average Bonchev–Trinajstić information content (AvgIpc) is 2.92. The molecule has 4 nitrogen and oxygen atoms in total. The lowest BCUT2D eigenvalue weighted by Gasteiger charge is -2.31. The van der Waals surface area contributed by atoms with Gasteiger partial charge in [-0.25, -0.2) is 0 Å². The van der Waals surface area contributed by atoms with Crippen LogP contribution in [0, 0.1) is 5.41 Å². The lowest BCUT2D eigenvalue weighted by molar-refractivity contribution is 0.0912. The fraction of sp³-hybridized carbons (Fsp3) is 0.733. The normalized spacial score (nSPS) is 11.6. The minimum absolute atomic E-state index is 0.133. The van der Waals surface area contributed by atoms with Crippen molar-refractivity contribution in [2.45, 2.75) is 59.8 Å². The van der Waals surface area contributed by atoms with Crippen LogP contribution in [0.15, 0.2) is 10.6 Å². The minimum Gasteiger partial charge on any atom is -0.361 e. The van der Waals surface area contributed by atoms with Crippen LogP contribution >= 0.6 is 0 Å². The molecular weight excluding hydrogens is 240 g/mol. The maximum absolute atomic E-state index is 12.0. The monoisotopic (exact) mass is 266 g/mol. The van der Waals surface area contributed by atoms with Crippen LogP contribution in [0.2, 0.25) is 0 Å². The van der Waals surface area contributed by atoms with Gasteiger partial charge in [-0.3, -0.25) is 4.79 Å². The highest BCUT2D eigenvalue weighted by Gasteiger charge is 2.26. The van der Waals surface area contributed by atoms with E-state index in [4.69, 9.17) is 4.52 Å². The first-order valence-corrected chi connectivity index (χ1v) is 7.34. The fourth-order valence-electron chi connectivity index (χ4n) is 2.42. The molecule has 0 bridgehead atoms. The van der Waals surface area contributed by atoms with E-state index in [-0.39, 0.29) is 11.3 Å². The Morgan fingerprint density at radius 3 is 2.47 bits per heavy atom. The summed E-state index contributed by atoms with van der Waals surface area (Å²) in [6.07, 6.45) is 5.19. The quantitative estimate of drug-likeness (QED) is 0.782. The van der Waals surface area contributed by atoms with Gasteiger partial charge < -0.3 is 9.84 Å². The van der Waals surface area contributed by atoms with Crippen LogP contribution in [-0.2, 0) is 6.42 Å². The van der Waals surface area contributed by atoms with Gasteiger partial charge in [-0.15, -0.1) is 0 Å². The third-order valence-electron chi connectivity index (χ3n) is 4.04. The number of aryl methyl sites for hydroxylation is 1. The molecule has 108 valence electrons. The number of nitrogens with zero attached hydrogens (tertiary/aromatic N) is 1. The van der Waals surface area contributed by atoms with Crippen molar-refractivity contribution in [3.63, 3.8) is 0 Å². The van der Waals surface area contributed by atoms with E-state index in [1.807, 2.05) is 6.92 Å². The molecule has 0 aliphatic rings. The number of carbonyl (C=O) groups is 1. The molecule has 1 rings (SSSR count). The van der Waals surface area contributed by atoms with E-state index in [9.17, 15) is 4.79 Å². The molecule has 1 aromatic rings. The van der Waals surface area contributed by atoms with E-state index in [1.54, 1.807) is 6.07 Å². The average molecular weight is 266 g/mol. The molecular formula is C15H26N2O2. The van der Waals surface area contributed by atoms with E-state index in [0.717, 1.165) is 37.9 Å². The van der Waals surface area contributed by atoms with Crippen molar-refractivity contribution in [1.29, 1.82) is 0 Å². The summed E-state index contributed by atoms with van der Waals surface area (Å²) in [7, 11) is 0. The molecule has 0 aliphatic heterocycles. The van der Waals surface area contributed by atoms with Gasteiger partial charge in [0.25, 0.3) is 5.91 Å². The molecule has 0 saturated heterocycles. The van der Waals surface area contributed by atoms with Gasteiger partial charge in [0, 0.05) is 19.0 Å². The SMILES string of the molecule is CCCC(CC)(CC)CNC(=O)c1cc(CC)on1. The largest absolute Gasteiger partial charge is 0.361 e. The molecule has 1 N–H and O–H groups in total. The number of amides is 1. The van der Waals surface area contributed by atoms with E-state index < -0.39 is 0 Å². The molecule has 1 heterocycles. The van der Waals surface area contributed by atoms with Crippen LogP contribution in [-0.4, -0.2) is 17.6 Å². The van der Waals surface area contributed by atoms with Crippen molar-refractivity contribution in [2.75, 3.05) is 6.54 Å². The van der Waals surface area contributed by atoms with Crippen LogP contribution in [0.5, 0.6) is 0 Å². The van der Waals surface area contributed by atoms with Crippen LogP contribution in [0.25, 0.3) is 0 Å². The van der Waals surface area contributed by atoms with Gasteiger partial charge in [0.05, 0.1) is 0 Å². The fourth-order valence-corrected chi connectivity index (χ4v) is 2.42. The molecule has 0 aliphatic carbocycles. The van der Waals surface area contributed by atoms with Gasteiger partial charge in [-0.05, 0) is 24.7 Å². The van der Waals surface area contributed by atoms with Crippen molar-refractivity contribution < 1.29 is 9.32 Å². The smallest absolute Gasteiger partial charge is 0.273 e. The number of hydrogen-bond donors (Lipinski definition) is 1. The molecule has 1 aromatic heterocycles. The van der Waals surface area contributed by atoms with Gasteiger partial charge in [0.1, 0.15) is 5.76 Å². The molecule has 0 aromatic carbocycles. The Hall–Kier alpha value is -1.32. The van der Waals surface area contributed by atoms with Crippen LogP contribution in [0.3, 0.4) is 0 Å². The third kappa shape index (κ3) is 4.08. The predicted molar refractivity (Wildman–Crippen MR) is 76.1 cm³/mol. The van der Waals surface area contributed by atoms with Gasteiger partial charge in [-0.1, -0.05) is 39.3 Å². The molecule has 1 amide bonds. The summed E-state index contributed by atoms with van der Waals surface area (Å²) in [6, 6.07) is 1.72. The number of nitrogens with one attached hydrogen (secondary N) is 1. The summed E-state index contributed by atoms with van der Waals surface area (Å²) < 4.78 is 5.06. The topological polar surface area (TPSA) is 55.1 Å². The van der Waals surface area contributed by atoms with E-state index in [1.165, 1.54) is 0 Å². The number of hydrogen-bond acceptors (Lipinski definition) is 3. The zero-order chi connectivity index (χ0) is 14.3. The molecule has 0 fully saturated rings. The standard InChI is InChI=1S/C15H26N2O2/c1-5-9-15(7-3,8-4)11-16-14(18)13-10-12(6-2)19-17-13/h10H,5-9,11H2,1-4H3,(H,16,18). The van der Waals surface area contributed by atoms with Crippen molar-refractivity contribution in [2.24, 2.45) is 5.41 Å². The summed E-state index contributed by atoms with van der Waals surface area (Å²) >= 11 is 0. The minimum atomic E-state index is -0.133. The van der Waals surface area contributed by atoms with Crippen LogP contribution in [0.1, 0.15) is 69.6 Å². The Morgan fingerprint density at radius 2 is 2.00 bits per heavy atom. The van der Waals surface area contributed by atoms with Gasteiger partial charge in [0.15, 0.2) is 5.69 Å². The Bertz CT molecular complexity index is 395. The van der Waals surface area contributed by atoms with E-state index in [0.29, 0.717) is 12.2 Å². The van der Waals surface area contributed by atoms with Crippen molar-refractivity contribution in [3.05, 3.63) is 17.5 Å². The van der Waals surface area contributed by atoms with E-state index >= 15 is 0 Å². The second-order valence-electron chi connectivity index (χ2n) is 5.17. The highest BCUT2D eigenvalue weighted by molar-refractivity contribution is 5.92. The number of carbonyl (C=O) groups excluding carboxylic acids is 1. The summed E-state index contributed by atoms with van der Waals surface area (Å²) in [5.74, 6) is 0.613. The first-order chi connectivity index (χ1) is 9.10. The Morgan fingerprint density at radius 1 is 1.32 bits per heavy atom. The first-order valence-electron chi connectivity index (χ1n) is 7.34. The highest BCUT2D eigenvalue weighted by atomic mass is 16.5. The van der Waals surface area contributed by atoms with Crippen LogP contribution < -0.4 is 5.32 Å². The van der Waals surface area contributed by atoms with Crippen molar-refractivity contribution >= 4 is 5.91 Å². The van der Waals surface area contributed by atoms with Gasteiger partial charge in [-0.2, -0.15) is 0 Å². The Kier molecular flexibility index (Phi) is 6.06. The summed E-state index contributed by atoms with van der Waals surface area (Å²) in [5, 5.41) is 6.80. The lowest BCUT2D eigenvalue weighted by Crippen LogP contribution is -2.37. The molecule has 0 atom stereocenters. The highest BCUT2D eigenvalue weighted by Crippen LogP contribution is 2.31. The third-order valence-corrected chi connectivity index (χ3v) is 4.04. The zero-order valence-electron chi connectivity index (χ0n) is 12.6. The second-order valence-corrected chi connectivity index (χ2v) is 5.17. The van der Waals surface area contributed by atoms with E-state index in [2.05, 4.69) is 31.2 Å². The van der Waals surface area contributed by atoms with Crippen LogP contribution in [0.4, 0.5) is 0 Å². The number of aromatic nitrogens is 1. The molecule has 0 unspecified atom stereocenters. The molecule has 19 heavy (non-hydrogen) atoms.